The Labute approximate surface area is 249 Å². The van der Waals surface area contributed by atoms with Crippen molar-refractivity contribution >= 4 is 58.2 Å². The predicted octanol–water partition coefficient (Wildman–Crippen LogP) is 8.54. The van der Waals surface area contributed by atoms with E-state index in [4.69, 9.17) is 0 Å². The van der Waals surface area contributed by atoms with E-state index in [-0.39, 0.29) is 28.5 Å². The number of nitrogens with one attached hydrogen (secondary N) is 1. The molecule has 6 rings (SSSR count). The molecule has 3 unspecified atom stereocenters. The lowest BCUT2D eigenvalue weighted by molar-refractivity contribution is -0.117. The standard InChI is InChI=1S/C34H29N3O2S2/c1-24(33(38)36(26-14-4-2-5-15-26)27-16-6-3-7-17-27)40-28-18-12-13-25(23-28)35-34(39)37-29-19-8-10-21-31(29)41-32-22-11-9-20-30(32)37/h2-24,29,31H,1H3,(H,35,39). The molecule has 2 aliphatic rings. The van der Waals surface area contributed by atoms with Crippen LogP contribution in [0.15, 0.2) is 143 Å². The highest BCUT2D eigenvalue weighted by molar-refractivity contribution is 8.00. The summed E-state index contributed by atoms with van der Waals surface area (Å²) < 4.78 is 0. The largest absolute Gasteiger partial charge is 0.326 e. The van der Waals surface area contributed by atoms with E-state index >= 15 is 0 Å². The Hall–Kier alpha value is -4.20. The number of allylic oxidation sites excluding steroid dienone is 2. The fourth-order valence-electron chi connectivity index (χ4n) is 5.05. The molecule has 204 valence electrons. The maximum Gasteiger partial charge on any atom is 0.326 e. The summed E-state index contributed by atoms with van der Waals surface area (Å²) in [4.78, 5) is 33.1. The number of hydrogen-bond donors (Lipinski definition) is 1. The molecule has 0 spiro atoms. The number of hydrogen-bond acceptors (Lipinski definition) is 4. The molecule has 3 atom stereocenters. The molecule has 3 amide bonds. The highest BCUT2D eigenvalue weighted by Crippen LogP contribution is 2.43. The van der Waals surface area contributed by atoms with Crippen molar-refractivity contribution in [1.82, 2.24) is 0 Å². The van der Waals surface area contributed by atoms with Gasteiger partial charge in [-0.1, -0.05) is 78.9 Å². The van der Waals surface area contributed by atoms with Crippen molar-refractivity contribution in [2.75, 3.05) is 15.1 Å². The Bertz CT molecular complexity index is 1570. The maximum atomic E-state index is 13.8. The summed E-state index contributed by atoms with van der Waals surface area (Å²) in [7, 11) is 0. The molecule has 1 aliphatic heterocycles. The van der Waals surface area contributed by atoms with Crippen molar-refractivity contribution in [2.24, 2.45) is 0 Å². The molecule has 0 saturated heterocycles. The van der Waals surface area contributed by atoms with E-state index in [1.807, 2.05) is 127 Å². The molecule has 0 fully saturated rings. The molecule has 1 heterocycles. The second-order valence-electron chi connectivity index (χ2n) is 9.74. The summed E-state index contributed by atoms with van der Waals surface area (Å²) in [5.41, 5.74) is 3.23. The average molecular weight is 576 g/mol. The van der Waals surface area contributed by atoms with E-state index < -0.39 is 0 Å². The number of urea groups is 1. The smallest absolute Gasteiger partial charge is 0.307 e. The molecular weight excluding hydrogens is 547 g/mol. The molecule has 7 heteroatoms. The second-order valence-corrected chi connectivity index (χ2v) is 12.4. The SMILES string of the molecule is CC(Sc1cccc(NC(=O)N2c3ccccc3SC3C=CC=CC32)c1)C(=O)N(c1ccccc1)c1ccccc1. The zero-order chi connectivity index (χ0) is 28.2. The van der Waals surface area contributed by atoms with Crippen molar-refractivity contribution in [3.8, 4) is 0 Å². The van der Waals surface area contributed by atoms with Crippen LogP contribution in [0.5, 0.6) is 0 Å². The van der Waals surface area contributed by atoms with Crippen molar-refractivity contribution in [3.05, 3.63) is 133 Å². The minimum absolute atomic E-state index is 0.0209. The van der Waals surface area contributed by atoms with Gasteiger partial charge in [0.25, 0.3) is 0 Å². The zero-order valence-corrected chi connectivity index (χ0v) is 24.1. The Balaban J connectivity index is 1.20. The number of benzene rings is 4. The number of nitrogens with zero attached hydrogens (tertiary/aromatic N) is 2. The molecule has 0 saturated carbocycles. The van der Waals surface area contributed by atoms with Crippen molar-refractivity contribution < 1.29 is 9.59 Å². The summed E-state index contributed by atoms with van der Waals surface area (Å²) in [6.07, 6.45) is 8.27. The number of rotatable bonds is 6. The van der Waals surface area contributed by atoms with E-state index in [9.17, 15) is 9.59 Å². The van der Waals surface area contributed by atoms with Gasteiger partial charge in [-0.05, 0) is 61.5 Å². The van der Waals surface area contributed by atoms with Gasteiger partial charge in [-0.3, -0.25) is 14.6 Å². The first-order valence-corrected chi connectivity index (χ1v) is 15.3. The predicted molar refractivity (Wildman–Crippen MR) is 171 cm³/mol. The van der Waals surface area contributed by atoms with Crippen LogP contribution in [0.3, 0.4) is 0 Å². The second kappa shape index (κ2) is 12.1. The first kappa shape index (κ1) is 27.0. The number of anilines is 4. The monoisotopic (exact) mass is 575 g/mol. The minimum atomic E-state index is -0.368. The van der Waals surface area contributed by atoms with Crippen LogP contribution in [0.25, 0.3) is 0 Å². The quantitative estimate of drug-likeness (QED) is 0.234. The normalized spacial score (nSPS) is 17.7. The summed E-state index contributed by atoms with van der Waals surface area (Å²) in [6.45, 7) is 1.92. The van der Waals surface area contributed by atoms with Gasteiger partial charge >= 0.3 is 6.03 Å². The van der Waals surface area contributed by atoms with E-state index in [0.29, 0.717) is 5.69 Å². The molecule has 41 heavy (non-hydrogen) atoms. The Morgan fingerprint density at radius 1 is 0.829 bits per heavy atom. The topological polar surface area (TPSA) is 52.7 Å². The average Bonchev–Trinajstić information content (AvgIpc) is 3.01. The summed E-state index contributed by atoms with van der Waals surface area (Å²) in [5, 5.41) is 2.90. The molecule has 1 N–H and O–H groups in total. The summed E-state index contributed by atoms with van der Waals surface area (Å²) in [6, 6.07) is 34.9. The first-order chi connectivity index (χ1) is 20.1. The van der Waals surface area contributed by atoms with Crippen LogP contribution in [-0.4, -0.2) is 28.5 Å². The van der Waals surface area contributed by atoms with Crippen LogP contribution >= 0.6 is 23.5 Å². The van der Waals surface area contributed by atoms with E-state index in [1.54, 1.807) is 16.7 Å². The minimum Gasteiger partial charge on any atom is -0.307 e. The van der Waals surface area contributed by atoms with Crippen LogP contribution in [0.1, 0.15) is 6.92 Å². The Kier molecular flexibility index (Phi) is 7.98. The molecule has 1 aliphatic carbocycles. The summed E-state index contributed by atoms with van der Waals surface area (Å²) in [5.74, 6) is -0.0209. The Morgan fingerprint density at radius 2 is 1.49 bits per heavy atom. The fraction of sp³-hybridized carbons (Fsp3) is 0.118. The lowest BCUT2D eigenvalue weighted by Crippen LogP contribution is -2.49. The lowest BCUT2D eigenvalue weighted by Gasteiger charge is -2.40. The highest BCUT2D eigenvalue weighted by Gasteiger charge is 2.36. The van der Waals surface area contributed by atoms with Crippen molar-refractivity contribution in [3.63, 3.8) is 0 Å². The van der Waals surface area contributed by atoms with Crippen LogP contribution in [0.2, 0.25) is 0 Å². The van der Waals surface area contributed by atoms with Gasteiger partial charge in [-0.25, -0.2) is 4.79 Å². The van der Waals surface area contributed by atoms with E-state index in [0.717, 1.165) is 26.9 Å². The van der Waals surface area contributed by atoms with Crippen LogP contribution in [0, 0.1) is 0 Å². The van der Waals surface area contributed by atoms with Gasteiger partial charge in [-0.15, -0.1) is 23.5 Å². The fourth-order valence-corrected chi connectivity index (χ4v) is 7.27. The van der Waals surface area contributed by atoms with Gasteiger partial charge in [0.05, 0.1) is 22.2 Å². The van der Waals surface area contributed by atoms with Crippen LogP contribution in [-0.2, 0) is 4.79 Å². The van der Waals surface area contributed by atoms with Gasteiger partial charge in [0.2, 0.25) is 5.91 Å². The lowest BCUT2D eigenvalue weighted by atomic mass is 10.1. The van der Waals surface area contributed by atoms with Crippen molar-refractivity contribution in [1.29, 1.82) is 0 Å². The van der Waals surface area contributed by atoms with Crippen molar-refractivity contribution in [2.45, 2.75) is 33.3 Å². The molecule has 4 aromatic rings. The first-order valence-electron chi connectivity index (χ1n) is 13.5. The number of carbonyl (C=O) groups is 2. The number of thioether (sulfide) groups is 2. The molecule has 0 bridgehead atoms. The Morgan fingerprint density at radius 3 is 2.22 bits per heavy atom. The van der Waals surface area contributed by atoms with Gasteiger partial charge in [-0.2, -0.15) is 0 Å². The molecule has 0 aromatic heterocycles. The highest BCUT2D eigenvalue weighted by atomic mass is 32.2. The zero-order valence-electron chi connectivity index (χ0n) is 22.5. The third-order valence-corrected chi connectivity index (χ3v) is 9.35. The number of para-hydroxylation sites is 3. The van der Waals surface area contributed by atoms with Crippen LogP contribution in [0.4, 0.5) is 27.5 Å². The number of fused-ring (bicyclic) bond motifs is 2. The summed E-state index contributed by atoms with van der Waals surface area (Å²) >= 11 is 3.25. The molecule has 4 aromatic carbocycles. The third-order valence-electron chi connectivity index (χ3n) is 6.96. The molecule has 5 nitrogen and oxygen atoms in total. The molecular formula is C34H29N3O2S2. The van der Waals surface area contributed by atoms with Gasteiger partial charge in [0.15, 0.2) is 0 Å². The maximum absolute atomic E-state index is 13.8. The van der Waals surface area contributed by atoms with Gasteiger partial charge in [0, 0.05) is 26.9 Å². The van der Waals surface area contributed by atoms with Gasteiger partial charge < -0.3 is 5.32 Å². The number of carbonyl (C=O) groups excluding carboxylic acids is 2. The number of amides is 3. The van der Waals surface area contributed by atoms with E-state index in [1.165, 1.54) is 11.8 Å². The van der Waals surface area contributed by atoms with Crippen LogP contribution < -0.4 is 15.1 Å². The van der Waals surface area contributed by atoms with Gasteiger partial charge in [0.1, 0.15) is 0 Å². The van der Waals surface area contributed by atoms with E-state index in [2.05, 4.69) is 23.5 Å². The molecule has 0 radical (unpaired) electrons. The third kappa shape index (κ3) is 5.82.